The zero-order valence-electron chi connectivity index (χ0n) is 11.0. The highest BCUT2D eigenvalue weighted by atomic mass is 16.4. The van der Waals surface area contributed by atoms with Gasteiger partial charge in [0.05, 0.1) is 0 Å². The van der Waals surface area contributed by atoms with Crippen LogP contribution in [0.3, 0.4) is 0 Å². The van der Waals surface area contributed by atoms with E-state index in [9.17, 15) is 9.59 Å². The van der Waals surface area contributed by atoms with Gasteiger partial charge in [-0.1, -0.05) is 43.2 Å². The van der Waals surface area contributed by atoms with E-state index in [1.807, 2.05) is 42.5 Å². The van der Waals surface area contributed by atoms with E-state index in [2.05, 4.69) is 11.8 Å². The normalized spacial score (nSPS) is 8.85. The van der Waals surface area contributed by atoms with Crippen LogP contribution in [-0.4, -0.2) is 22.2 Å². The van der Waals surface area contributed by atoms with Gasteiger partial charge >= 0.3 is 11.9 Å². The summed E-state index contributed by atoms with van der Waals surface area (Å²) in [6.07, 6.45) is 0.222. The van der Waals surface area contributed by atoms with Crippen LogP contribution in [0, 0.1) is 11.8 Å². The van der Waals surface area contributed by atoms with Crippen molar-refractivity contribution in [2.75, 3.05) is 0 Å². The van der Waals surface area contributed by atoms with Gasteiger partial charge in [-0.2, -0.15) is 0 Å². The summed E-state index contributed by atoms with van der Waals surface area (Å²) in [4.78, 5) is 19.6. The molecule has 0 amide bonds. The molecule has 0 aliphatic heterocycles. The van der Waals surface area contributed by atoms with Crippen LogP contribution < -0.4 is 0 Å². The molecule has 0 aliphatic carbocycles. The highest BCUT2D eigenvalue weighted by molar-refractivity contribution is 5.88. The molecule has 0 saturated heterocycles. The molecule has 2 aromatic rings. The maximum Gasteiger partial charge on any atom is 0.382 e. The molecule has 2 rings (SSSR count). The van der Waals surface area contributed by atoms with E-state index in [1.54, 1.807) is 6.92 Å². The summed E-state index contributed by atoms with van der Waals surface area (Å²) >= 11 is 0. The molecule has 0 saturated carbocycles. The number of hydrogen-bond acceptors (Lipinski definition) is 2. The standard InChI is InChI=1S/C13H8O2.C3H6O2/c14-13(15)8-6-10-5-7-11-3-1-2-4-12(11)9-10;1-2-3(4)5/h1-5,7,9H,(H,14,15);2H2,1H3,(H,4,5). The fourth-order valence-corrected chi connectivity index (χ4v) is 1.39. The summed E-state index contributed by atoms with van der Waals surface area (Å²) in [6, 6.07) is 13.5. The summed E-state index contributed by atoms with van der Waals surface area (Å²) < 4.78 is 0. The fraction of sp³-hybridized carbons (Fsp3) is 0.125. The number of rotatable bonds is 1. The van der Waals surface area contributed by atoms with Crippen molar-refractivity contribution in [1.82, 2.24) is 0 Å². The Hall–Kier alpha value is -2.80. The van der Waals surface area contributed by atoms with Gasteiger partial charge in [0.15, 0.2) is 0 Å². The lowest BCUT2D eigenvalue weighted by Crippen LogP contribution is -1.87. The van der Waals surface area contributed by atoms with E-state index in [4.69, 9.17) is 10.2 Å². The van der Waals surface area contributed by atoms with E-state index in [0.717, 1.165) is 16.3 Å². The number of carboxylic acid groups (broad SMARTS) is 2. The molecule has 0 unspecified atom stereocenters. The average Bonchev–Trinajstić information content (AvgIpc) is 2.45. The number of aliphatic carboxylic acids is 2. The predicted octanol–water partition coefficient (Wildman–Crippen LogP) is 2.76. The van der Waals surface area contributed by atoms with Gasteiger partial charge in [-0.15, -0.1) is 0 Å². The van der Waals surface area contributed by atoms with Crippen LogP contribution in [0.5, 0.6) is 0 Å². The second-order valence-corrected chi connectivity index (χ2v) is 3.86. The Labute approximate surface area is 116 Å². The van der Waals surface area contributed by atoms with E-state index >= 15 is 0 Å². The Morgan fingerprint density at radius 1 is 1.05 bits per heavy atom. The summed E-state index contributed by atoms with van der Waals surface area (Å²) in [5.41, 5.74) is 0.719. The van der Waals surface area contributed by atoms with E-state index < -0.39 is 11.9 Å². The fourth-order valence-electron chi connectivity index (χ4n) is 1.39. The molecule has 4 nitrogen and oxygen atoms in total. The quantitative estimate of drug-likeness (QED) is 0.781. The minimum atomic E-state index is -1.11. The molecule has 2 N–H and O–H groups in total. The minimum Gasteiger partial charge on any atom is -0.481 e. The van der Waals surface area contributed by atoms with Crippen LogP contribution in [0.4, 0.5) is 0 Å². The van der Waals surface area contributed by atoms with Crippen molar-refractivity contribution in [1.29, 1.82) is 0 Å². The Balaban J connectivity index is 0.000000347. The smallest absolute Gasteiger partial charge is 0.382 e. The summed E-state index contributed by atoms with van der Waals surface area (Å²) in [7, 11) is 0. The Morgan fingerprint density at radius 2 is 1.65 bits per heavy atom. The van der Waals surface area contributed by atoms with Crippen LogP contribution in [0.2, 0.25) is 0 Å². The third kappa shape index (κ3) is 5.23. The van der Waals surface area contributed by atoms with Gasteiger partial charge in [0, 0.05) is 17.9 Å². The van der Waals surface area contributed by atoms with E-state index in [1.165, 1.54) is 0 Å². The summed E-state index contributed by atoms with van der Waals surface area (Å²) in [6.45, 7) is 1.60. The lowest BCUT2D eigenvalue weighted by molar-refractivity contribution is -0.136. The van der Waals surface area contributed by atoms with Gasteiger partial charge in [0.25, 0.3) is 0 Å². The molecule has 0 fully saturated rings. The van der Waals surface area contributed by atoms with Crippen molar-refractivity contribution in [3.8, 4) is 11.8 Å². The third-order valence-electron chi connectivity index (χ3n) is 2.37. The molecule has 0 spiro atoms. The first-order valence-electron chi connectivity index (χ1n) is 5.98. The zero-order chi connectivity index (χ0) is 15.0. The molecule has 102 valence electrons. The molecule has 0 aromatic heterocycles. The maximum atomic E-state index is 10.3. The van der Waals surface area contributed by atoms with Crippen LogP contribution in [0.1, 0.15) is 18.9 Å². The second-order valence-electron chi connectivity index (χ2n) is 3.86. The molecule has 0 bridgehead atoms. The Bertz CT molecular complexity index is 677. The summed E-state index contributed by atoms with van der Waals surface area (Å²) in [5, 5.41) is 18.3. The Kier molecular flexibility index (Phi) is 5.79. The molecular weight excluding hydrogens is 256 g/mol. The van der Waals surface area contributed by atoms with Crippen molar-refractivity contribution in [3.63, 3.8) is 0 Å². The number of fused-ring (bicyclic) bond motifs is 1. The van der Waals surface area contributed by atoms with Gasteiger partial charge in [0.1, 0.15) is 0 Å². The molecule has 0 atom stereocenters. The van der Waals surface area contributed by atoms with Crippen LogP contribution in [0.15, 0.2) is 42.5 Å². The molecule has 20 heavy (non-hydrogen) atoms. The first kappa shape index (κ1) is 15.3. The number of carbonyl (C=O) groups is 2. The molecule has 0 heterocycles. The molecule has 0 aliphatic rings. The van der Waals surface area contributed by atoms with Crippen LogP contribution in [0.25, 0.3) is 10.8 Å². The van der Waals surface area contributed by atoms with Crippen molar-refractivity contribution in [2.45, 2.75) is 13.3 Å². The van der Waals surface area contributed by atoms with Crippen molar-refractivity contribution in [2.24, 2.45) is 0 Å². The number of hydrogen-bond donors (Lipinski definition) is 2. The lowest BCUT2D eigenvalue weighted by Gasteiger charge is -1.96. The first-order valence-corrected chi connectivity index (χ1v) is 5.98. The first-order chi connectivity index (χ1) is 9.52. The van der Waals surface area contributed by atoms with Gasteiger partial charge in [-0.3, -0.25) is 4.79 Å². The van der Waals surface area contributed by atoms with E-state index in [0.29, 0.717) is 0 Å². The molecule has 0 radical (unpaired) electrons. The van der Waals surface area contributed by atoms with Gasteiger partial charge in [-0.05, 0) is 22.9 Å². The monoisotopic (exact) mass is 270 g/mol. The minimum absolute atomic E-state index is 0.222. The van der Waals surface area contributed by atoms with E-state index in [-0.39, 0.29) is 6.42 Å². The molecule has 4 heteroatoms. The van der Waals surface area contributed by atoms with Gasteiger partial charge in [0.2, 0.25) is 0 Å². The second kappa shape index (κ2) is 7.59. The number of benzene rings is 2. The van der Waals surface area contributed by atoms with Crippen molar-refractivity contribution >= 4 is 22.7 Å². The zero-order valence-corrected chi connectivity index (χ0v) is 11.0. The van der Waals surface area contributed by atoms with Crippen LogP contribution >= 0.6 is 0 Å². The summed E-state index contributed by atoms with van der Waals surface area (Å²) in [5.74, 6) is 2.83. The van der Waals surface area contributed by atoms with Crippen molar-refractivity contribution < 1.29 is 19.8 Å². The largest absolute Gasteiger partial charge is 0.481 e. The van der Waals surface area contributed by atoms with Crippen molar-refractivity contribution in [3.05, 3.63) is 48.0 Å². The number of carboxylic acids is 2. The molecular formula is C16H14O4. The topological polar surface area (TPSA) is 74.6 Å². The highest BCUT2D eigenvalue weighted by Crippen LogP contribution is 2.14. The van der Waals surface area contributed by atoms with Gasteiger partial charge in [-0.25, -0.2) is 4.79 Å². The highest BCUT2D eigenvalue weighted by Gasteiger charge is 1.93. The Morgan fingerprint density at radius 3 is 2.20 bits per heavy atom. The SMILES string of the molecule is CCC(=O)O.O=C(O)C#Cc1ccc2ccccc2c1. The maximum absolute atomic E-state index is 10.3. The van der Waals surface area contributed by atoms with Crippen LogP contribution in [-0.2, 0) is 9.59 Å². The average molecular weight is 270 g/mol. The van der Waals surface area contributed by atoms with Gasteiger partial charge < -0.3 is 10.2 Å². The third-order valence-corrected chi connectivity index (χ3v) is 2.37. The predicted molar refractivity (Wildman–Crippen MR) is 76.4 cm³/mol. The molecule has 2 aromatic carbocycles. The lowest BCUT2D eigenvalue weighted by atomic mass is 10.1.